The Bertz CT molecular complexity index is 2800. The van der Waals surface area contributed by atoms with Crippen LogP contribution in [0.2, 0.25) is 0 Å². The number of imidazole rings is 1. The Hall–Kier alpha value is -5.90. The molecule has 6 aliphatic heterocycles. The summed E-state index contributed by atoms with van der Waals surface area (Å²) in [6.45, 7) is 12.4. The van der Waals surface area contributed by atoms with E-state index in [1.54, 1.807) is 6.20 Å². The fraction of sp³-hybridized carbons (Fsp3) is 0.614. The van der Waals surface area contributed by atoms with Crippen LogP contribution in [0.15, 0.2) is 48.9 Å². The van der Waals surface area contributed by atoms with Crippen LogP contribution in [0.5, 0.6) is 0 Å². The van der Waals surface area contributed by atoms with Crippen LogP contribution in [0.4, 0.5) is 17.3 Å². The number of pyridine rings is 2. The minimum atomic E-state index is -0.687. The molecule has 0 radical (unpaired) electrons. The number of likely N-dealkylation sites (tertiary alicyclic amines) is 3. The van der Waals surface area contributed by atoms with E-state index in [0.717, 1.165) is 102 Å². The number of carbonyl (C=O) groups is 5. The number of nitrogens with one attached hydrogen (secondary N) is 1. The predicted octanol–water partition coefficient (Wildman–Crippen LogP) is 6.96. The van der Waals surface area contributed by atoms with Gasteiger partial charge in [0.2, 0.25) is 29.5 Å². The molecule has 0 bridgehead atoms. The molecule has 5 amide bonds. The van der Waals surface area contributed by atoms with Crippen LogP contribution < -0.4 is 20.0 Å². The van der Waals surface area contributed by atoms with Crippen molar-refractivity contribution in [1.29, 1.82) is 0 Å². The molecule has 16 heteroatoms. The van der Waals surface area contributed by atoms with E-state index in [1.807, 2.05) is 28.3 Å². The molecule has 9 heterocycles. The van der Waals surface area contributed by atoms with Crippen molar-refractivity contribution in [2.75, 3.05) is 74.1 Å². The molecule has 8 aliphatic rings. The first-order valence-electron chi connectivity index (χ1n) is 27.7. The lowest BCUT2D eigenvalue weighted by Gasteiger charge is -2.48. The number of hydrogen-bond acceptors (Lipinski definition) is 11. The Morgan fingerprint density at radius 3 is 2.19 bits per heavy atom. The van der Waals surface area contributed by atoms with Gasteiger partial charge in [-0.15, -0.1) is 0 Å². The van der Waals surface area contributed by atoms with Crippen molar-refractivity contribution < 1.29 is 24.0 Å². The lowest BCUT2D eigenvalue weighted by molar-refractivity contribution is -0.150. The Morgan fingerprint density at radius 1 is 0.795 bits per heavy atom. The van der Waals surface area contributed by atoms with Crippen molar-refractivity contribution in [3.63, 3.8) is 0 Å². The first kappa shape index (κ1) is 48.1. The minimum Gasteiger partial charge on any atom is -0.357 e. The van der Waals surface area contributed by atoms with Crippen LogP contribution in [0, 0.1) is 11.3 Å². The molecule has 16 nitrogen and oxygen atoms in total. The topological polar surface area (TPSA) is 160 Å². The number of benzene rings is 1. The van der Waals surface area contributed by atoms with Crippen LogP contribution >= 0.6 is 0 Å². The van der Waals surface area contributed by atoms with Gasteiger partial charge in [0.1, 0.15) is 11.3 Å². The molecule has 12 rings (SSSR count). The van der Waals surface area contributed by atoms with E-state index in [0.29, 0.717) is 89.9 Å². The SMILES string of the molecule is CC(C)n1cnc2cc(-c3ccc4c(c3)N(C3CC(N5CCCCC5)C3)C(=O)C43CCN(C(=O)C4(C)CCN(C(=O)C5CCN(c6ccc(C7CCC(=O)NC7=O)cn6)CC5)CC4)CC3)nc(N(C)C3CC3)c21. The number of anilines is 3. The van der Waals surface area contributed by atoms with E-state index in [9.17, 15) is 19.2 Å². The largest absolute Gasteiger partial charge is 0.357 e. The monoisotopic (exact) mass is 992 g/mol. The second kappa shape index (κ2) is 18.8. The molecule has 5 saturated heterocycles. The van der Waals surface area contributed by atoms with Gasteiger partial charge in [0.25, 0.3) is 0 Å². The zero-order chi connectivity index (χ0) is 50.3. The molecule has 1 unspecified atom stereocenters. The number of carbonyl (C=O) groups excluding carboxylic acids is 5. The van der Waals surface area contributed by atoms with Crippen molar-refractivity contribution in [1.82, 2.24) is 39.5 Å². The Balaban J connectivity index is 0.711. The Kier molecular flexibility index (Phi) is 12.4. The molecule has 1 spiro atoms. The van der Waals surface area contributed by atoms with Gasteiger partial charge in [-0.3, -0.25) is 29.3 Å². The third-order valence-corrected chi connectivity index (χ3v) is 18.8. The molecule has 1 aromatic carbocycles. The highest BCUT2D eigenvalue weighted by atomic mass is 16.2. The summed E-state index contributed by atoms with van der Waals surface area (Å²) >= 11 is 0. The van der Waals surface area contributed by atoms with Crippen LogP contribution in [0.25, 0.3) is 22.3 Å². The summed E-state index contributed by atoms with van der Waals surface area (Å²) in [5.41, 5.74) is 5.53. The van der Waals surface area contributed by atoms with E-state index >= 15 is 4.79 Å². The summed E-state index contributed by atoms with van der Waals surface area (Å²) in [7, 11) is 2.16. The molecular weight excluding hydrogens is 919 g/mol. The van der Waals surface area contributed by atoms with Crippen molar-refractivity contribution in [3.05, 3.63) is 60.0 Å². The van der Waals surface area contributed by atoms with Crippen molar-refractivity contribution in [3.8, 4) is 11.3 Å². The number of aromatic nitrogens is 4. The fourth-order valence-electron chi connectivity index (χ4n) is 13.7. The van der Waals surface area contributed by atoms with Gasteiger partial charge >= 0.3 is 0 Å². The molecule has 1 atom stereocenters. The van der Waals surface area contributed by atoms with Gasteiger partial charge in [0, 0.05) is 106 Å². The second-order valence-electron chi connectivity index (χ2n) is 23.5. The quantitative estimate of drug-likeness (QED) is 0.164. The zero-order valence-electron chi connectivity index (χ0n) is 43.4. The summed E-state index contributed by atoms with van der Waals surface area (Å²) in [6, 6.07) is 14.0. The predicted molar refractivity (Wildman–Crippen MR) is 280 cm³/mol. The summed E-state index contributed by atoms with van der Waals surface area (Å²) < 4.78 is 2.23. The Morgan fingerprint density at radius 2 is 1.52 bits per heavy atom. The highest BCUT2D eigenvalue weighted by molar-refractivity contribution is 6.09. The lowest BCUT2D eigenvalue weighted by atomic mass is 9.72. The number of amides is 5. The van der Waals surface area contributed by atoms with Gasteiger partial charge in [-0.05, 0) is 140 Å². The number of piperidine rings is 5. The van der Waals surface area contributed by atoms with E-state index in [1.165, 1.54) is 19.3 Å². The average Bonchev–Trinajstić information content (AvgIpc) is 4.12. The third kappa shape index (κ3) is 8.56. The minimum absolute atomic E-state index is 0.0728. The summed E-state index contributed by atoms with van der Waals surface area (Å²) in [4.78, 5) is 96.3. The number of fused-ring (bicyclic) bond motifs is 3. The molecule has 7 fully saturated rings. The number of imide groups is 1. The van der Waals surface area contributed by atoms with Crippen molar-refractivity contribution in [2.45, 2.75) is 153 Å². The van der Waals surface area contributed by atoms with Crippen LogP contribution in [0.3, 0.4) is 0 Å². The third-order valence-electron chi connectivity index (χ3n) is 18.8. The summed E-state index contributed by atoms with van der Waals surface area (Å²) in [5, 5.41) is 2.43. The van der Waals surface area contributed by atoms with E-state index < -0.39 is 10.8 Å². The maximum atomic E-state index is 15.3. The number of hydrogen-bond donors (Lipinski definition) is 1. The lowest BCUT2D eigenvalue weighted by Crippen LogP contribution is -2.59. The van der Waals surface area contributed by atoms with Gasteiger partial charge in [0.05, 0.1) is 28.9 Å². The maximum absolute atomic E-state index is 15.3. The van der Waals surface area contributed by atoms with Crippen LogP contribution in [-0.4, -0.2) is 141 Å². The highest BCUT2D eigenvalue weighted by Gasteiger charge is 2.57. The normalized spacial score (nSPS) is 25.6. The van der Waals surface area contributed by atoms with Gasteiger partial charge in [-0.2, -0.15) is 0 Å². The van der Waals surface area contributed by atoms with Crippen molar-refractivity contribution >= 4 is 57.9 Å². The molecule has 386 valence electrons. The molecule has 3 aromatic heterocycles. The molecule has 2 saturated carbocycles. The smallest absolute Gasteiger partial charge is 0.238 e. The Labute approximate surface area is 429 Å². The van der Waals surface area contributed by atoms with E-state index in [4.69, 9.17) is 9.97 Å². The van der Waals surface area contributed by atoms with Crippen LogP contribution in [-0.2, 0) is 29.4 Å². The molecular formula is C57H73N11O5. The molecule has 73 heavy (non-hydrogen) atoms. The average molecular weight is 992 g/mol. The van der Waals surface area contributed by atoms with Gasteiger partial charge in [-0.1, -0.05) is 31.5 Å². The molecule has 2 aliphatic carbocycles. The van der Waals surface area contributed by atoms with E-state index in [-0.39, 0.29) is 53.5 Å². The first-order valence-corrected chi connectivity index (χ1v) is 27.7. The number of nitrogens with zero attached hydrogens (tertiary/aromatic N) is 10. The maximum Gasteiger partial charge on any atom is 0.238 e. The van der Waals surface area contributed by atoms with Crippen LogP contribution in [0.1, 0.15) is 140 Å². The summed E-state index contributed by atoms with van der Waals surface area (Å²) in [6.07, 6.45) is 16.5. The van der Waals surface area contributed by atoms with Gasteiger partial charge in [-0.25, -0.2) is 15.0 Å². The fourth-order valence-corrected chi connectivity index (χ4v) is 13.7. The number of rotatable bonds is 10. The highest BCUT2D eigenvalue weighted by Crippen LogP contribution is 2.53. The van der Waals surface area contributed by atoms with E-state index in [2.05, 4.69) is 86.6 Å². The zero-order valence-corrected chi connectivity index (χ0v) is 43.4. The van der Waals surface area contributed by atoms with Crippen molar-refractivity contribution in [2.24, 2.45) is 11.3 Å². The van der Waals surface area contributed by atoms with Gasteiger partial charge < -0.3 is 34.0 Å². The second-order valence-corrected chi connectivity index (χ2v) is 23.5. The van der Waals surface area contributed by atoms with Gasteiger partial charge in [0.15, 0.2) is 5.82 Å². The molecule has 4 aromatic rings. The first-order chi connectivity index (χ1) is 35.3. The summed E-state index contributed by atoms with van der Waals surface area (Å²) in [5.74, 6) is 1.38. The standard InChI is InChI=1S/C57H73N11O5/c1-36(2)67-35-59-46-33-45(60-51(50(46)67)62(4)40-10-11-40)38-8-13-44-47(30-38)68(42-31-41(32-42)63-22-6-5-7-23-63)55(73)57(44)20-28-66(29-21-57)54(72)56(3)18-26-65(27-19-56)53(71)37-16-24-64(25-17-37)48-14-9-39(34-58-48)43-12-15-49(69)61-52(43)70/h8-9,13-14,30,33-37,40-43H,5-7,10-12,15-29,31-32H2,1-4H3,(H,61,69,70). The molecule has 1 N–H and O–H groups in total.